The van der Waals surface area contributed by atoms with Gasteiger partial charge in [-0.15, -0.1) is 11.6 Å². The van der Waals surface area contributed by atoms with Gasteiger partial charge in [-0.2, -0.15) is 4.98 Å². The van der Waals surface area contributed by atoms with Crippen molar-refractivity contribution in [2.24, 2.45) is 0 Å². The Hall–Kier alpha value is -0.570. The molecule has 0 N–H and O–H groups in total. The Kier molecular flexibility index (Phi) is 3.53. The van der Waals surface area contributed by atoms with Gasteiger partial charge in [0, 0.05) is 18.2 Å². The highest BCUT2D eigenvalue weighted by atomic mass is 35.5. The van der Waals surface area contributed by atoms with Crippen LogP contribution in [0.3, 0.4) is 0 Å². The second-order valence-corrected chi connectivity index (χ2v) is 3.37. The fraction of sp³-hybridized carbons (Fsp3) is 0.750. The molecule has 0 saturated heterocycles. The van der Waals surface area contributed by atoms with Gasteiger partial charge in [0.2, 0.25) is 5.89 Å². The van der Waals surface area contributed by atoms with E-state index in [1.165, 1.54) is 0 Å². The fourth-order valence-electron chi connectivity index (χ4n) is 0.822. The summed E-state index contributed by atoms with van der Waals surface area (Å²) in [7, 11) is 0. The molecule has 0 aliphatic carbocycles. The van der Waals surface area contributed by atoms with E-state index in [0.29, 0.717) is 17.7 Å². The predicted molar refractivity (Wildman–Crippen MR) is 47.4 cm³/mol. The van der Waals surface area contributed by atoms with Crippen molar-refractivity contribution in [3.63, 3.8) is 0 Å². The number of aromatic nitrogens is 2. The lowest BCUT2D eigenvalue weighted by Crippen LogP contribution is -1.91. The highest BCUT2D eigenvalue weighted by molar-refractivity contribution is 6.17. The molecule has 0 aromatic carbocycles. The van der Waals surface area contributed by atoms with Crippen LogP contribution in [0, 0.1) is 0 Å². The van der Waals surface area contributed by atoms with Gasteiger partial charge in [0.05, 0.1) is 0 Å². The second-order valence-electron chi connectivity index (χ2n) is 2.99. The Morgan fingerprint density at radius 1 is 1.50 bits per heavy atom. The molecule has 1 aromatic rings. The third-order valence-corrected chi connectivity index (χ3v) is 1.79. The zero-order valence-electron chi connectivity index (χ0n) is 7.38. The van der Waals surface area contributed by atoms with Gasteiger partial charge in [0.1, 0.15) is 0 Å². The number of rotatable bonds is 4. The van der Waals surface area contributed by atoms with Crippen LogP contribution in [0.4, 0.5) is 0 Å². The van der Waals surface area contributed by atoms with E-state index in [-0.39, 0.29) is 0 Å². The molecule has 0 amide bonds. The molecule has 0 atom stereocenters. The Labute approximate surface area is 77.1 Å². The van der Waals surface area contributed by atoms with Gasteiger partial charge in [-0.05, 0) is 6.42 Å². The SMILES string of the molecule is CC(C)c1noc(CCCCl)n1. The first kappa shape index (κ1) is 9.52. The van der Waals surface area contributed by atoms with Gasteiger partial charge in [0.15, 0.2) is 5.82 Å². The summed E-state index contributed by atoms with van der Waals surface area (Å²) < 4.78 is 5.01. The lowest BCUT2D eigenvalue weighted by Gasteiger charge is -1.92. The highest BCUT2D eigenvalue weighted by Gasteiger charge is 2.08. The standard InChI is InChI=1S/C8H13ClN2O/c1-6(2)8-10-7(12-11-8)4-3-5-9/h6H,3-5H2,1-2H3. The molecule has 0 fully saturated rings. The summed E-state index contributed by atoms with van der Waals surface area (Å²) in [5.74, 6) is 2.44. The van der Waals surface area contributed by atoms with Crippen molar-refractivity contribution in [1.82, 2.24) is 10.1 Å². The van der Waals surface area contributed by atoms with Crippen molar-refractivity contribution in [2.75, 3.05) is 5.88 Å². The smallest absolute Gasteiger partial charge is 0.226 e. The average Bonchev–Trinajstić information content (AvgIpc) is 2.48. The van der Waals surface area contributed by atoms with Crippen molar-refractivity contribution in [3.8, 4) is 0 Å². The van der Waals surface area contributed by atoms with Crippen LogP contribution in [-0.2, 0) is 6.42 Å². The van der Waals surface area contributed by atoms with Crippen molar-refractivity contribution >= 4 is 11.6 Å². The zero-order valence-corrected chi connectivity index (χ0v) is 8.14. The topological polar surface area (TPSA) is 38.9 Å². The molecule has 1 aromatic heterocycles. The molecule has 3 nitrogen and oxygen atoms in total. The van der Waals surface area contributed by atoms with Gasteiger partial charge < -0.3 is 4.52 Å². The molecule has 0 bridgehead atoms. The summed E-state index contributed by atoms with van der Waals surface area (Å²) in [6.45, 7) is 4.08. The Balaban J connectivity index is 2.52. The Morgan fingerprint density at radius 2 is 2.25 bits per heavy atom. The number of halogens is 1. The first-order valence-corrected chi connectivity index (χ1v) is 4.66. The minimum absolute atomic E-state index is 0.332. The molecule has 4 heteroatoms. The number of aryl methyl sites for hydroxylation is 1. The fourth-order valence-corrected chi connectivity index (χ4v) is 0.956. The van der Waals surface area contributed by atoms with Crippen LogP contribution >= 0.6 is 11.6 Å². The van der Waals surface area contributed by atoms with Crippen molar-refractivity contribution in [3.05, 3.63) is 11.7 Å². The van der Waals surface area contributed by atoms with Crippen LogP contribution in [-0.4, -0.2) is 16.0 Å². The molecule has 0 aliphatic rings. The van der Waals surface area contributed by atoms with Gasteiger partial charge in [0.25, 0.3) is 0 Å². The van der Waals surface area contributed by atoms with Gasteiger partial charge in [-0.25, -0.2) is 0 Å². The molecule has 12 heavy (non-hydrogen) atoms. The summed E-state index contributed by atoms with van der Waals surface area (Å²) in [4.78, 5) is 4.21. The molecule has 0 saturated carbocycles. The van der Waals surface area contributed by atoms with Crippen molar-refractivity contribution < 1.29 is 4.52 Å². The van der Waals surface area contributed by atoms with E-state index >= 15 is 0 Å². The van der Waals surface area contributed by atoms with E-state index in [2.05, 4.69) is 10.1 Å². The van der Waals surface area contributed by atoms with E-state index in [1.54, 1.807) is 0 Å². The molecule has 0 aliphatic heterocycles. The lowest BCUT2D eigenvalue weighted by molar-refractivity contribution is 0.370. The van der Waals surface area contributed by atoms with Crippen LogP contribution in [0.5, 0.6) is 0 Å². The highest BCUT2D eigenvalue weighted by Crippen LogP contribution is 2.10. The zero-order chi connectivity index (χ0) is 8.97. The van der Waals surface area contributed by atoms with Crippen LogP contribution < -0.4 is 0 Å². The summed E-state index contributed by atoms with van der Waals surface area (Å²) in [6.07, 6.45) is 1.67. The number of hydrogen-bond donors (Lipinski definition) is 0. The molecule has 68 valence electrons. The van der Waals surface area contributed by atoms with Gasteiger partial charge in [-0.1, -0.05) is 19.0 Å². The van der Waals surface area contributed by atoms with Crippen LogP contribution in [0.1, 0.15) is 37.9 Å². The first-order chi connectivity index (χ1) is 5.74. The summed E-state index contributed by atoms with van der Waals surface area (Å²) >= 11 is 5.53. The largest absolute Gasteiger partial charge is 0.339 e. The molecular weight excluding hydrogens is 176 g/mol. The van der Waals surface area contributed by atoms with Gasteiger partial charge >= 0.3 is 0 Å². The van der Waals surface area contributed by atoms with E-state index < -0.39 is 0 Å². The van der Waals surface area contributed by atoms with Crippen LogP contribution in [0.2, 0.25) is 0 Å². The predicted octanol–water partition coefficient (Wildman–Crippen LogP) is 2.36. The maximum Gasteiger partial charge on any atom is 0.226 e. The summed E-state index contributed by atoms with van der Waals surface area (Å²) in [5, 5.41) is 3.84. The average molecular weight is 189 g/mol. The summed E-state index contributed by atoms with van der Waals surface area (Å²) in [6, 6.07) is 0. The Bertz CT molecular complexity index is 235. The van der Waals surface area contributed by atoms with Crippen LogP contribution in [0.15, 0.2) is 4.52 Å². The van der Waals surface area contributed by atoms with E-state index in [0.717, 1.165) is 18.7 Å². The minimum atomic E-state index is 0.332. The molecule has 1 heterocycles. The molecule has 0 spiro atoms. The van der Waals surface area contributed by atoms with E-state index in [1.807, 2.05) is 13.8 Å². The van der Waals surface area contributed by atoms with Crippen molar-refractivity contribution in [1.29, 1.82) is 0 Å². The Morgan fingerprint density at radius 3 is 2.75 bits per heavy atom. The second kappa shape index (κ2) is 4.45. The summed E-state index contributed by atoms with van der Waals surface area (Å²) in [5.41, 5.74) is 0. The molecule has 0 unspecified atom stereocenters. The van der Waals surface area contributed by atoms with E-state index in [9.17, 15) is 0 Å². The third kappa shape index (κ3) is 2.48. The first-order valence-electron chi connectivity index (χ1n) is 4.12. The number of nitrogens with zero attached hydrogens (tertiary/aromatic N) is 2. The lowest BCUT2D eigenvalue weighted by atomic mass is 10.2. The molecular formula is C8H13ClN2O. The number of alkyl halides is 1. The maximum absolute atomic E-state index is 5.53. The van der Waals surface area contributed by atoms with Crippen molar-refractivity contribution in [2.45, 2.75) is 32.6 Å². The quantitative estimate of drug-likeness (QED) is 0.681. The maximum atomic E-state index is 5.53. The van der Waals surface area contributed by atoms with Crippen LogP contribution in [0.25, 0.3) is 0 Å². The minimum Gasteiger partial charge on any atom is -0.339 e. The van der Waals surface area contributed by atoms with Gasteiger partial charge in [-0.3, -0.25) is 0 Å². The molecule has 1 rings (SSSR count). The monoisotopic (exact) mass is 188 g/mol. The normalized spacial score (nSPS) is 11.0. The van der Waals surface area contributed by atoms with E-state index in [4.69, 9.17) is 16.1 Å². The molecule has 0 radical (unpaired) electrons. The number of hydrogen-bond acceptors (Lipinski definition) is 3. The third-order valence-electron chi connectivity index (χ3n) is 1.52.